The summed E-state index contributed by atoms with van der Waals surface area (Å²) in [5.74, 6) is -0.593. The molecule has 1 spiro atoms. The van der Waals surface area contributed by atoms with E-state index in [-0.39, 0.29) is 33.9 Å². The molecule has 2 saturated heterocycles. The van der Waals surface area contributed by atoms with Crippen LogP contribution in [0.4, 0.5) is 11.6 Å². The molecule has 3 aliphatic rings. The first-order valence-corrected chi connectivity index (χ1v) is 9.71. The molecule has 158 valence electrons. The smallest absolute Gasteiger partial charge is 0.302 e. The van der Waals surface area contributed by atoms with Crippen LogP contribution in [0, 0.1) is 0 Å². The minimum Gasteiger partial charge on any atom is -0.382 e. The lowest BCUT2D eigenvalue weighted by atomic mass is 9.88. The normalized spacial score (nSPS) is 21.0. The van der Waals surface area contributed by atoms with Gasteiger partial charge in [-0.2, -0.15) is 4.99 Å². The summed E-state index contributed by atoms with van der Waals surface area (Å²) < 4.78 is 0. The van der Waals surface area contributed by atoms with Gasteiger partial charge in [0.25, 0.3) is 5.91 Å². The van der Waals surface area contributed by atoms with Gasteiger partial charge < -0.3 is 32.3 Å². The number of guanidine groups is 1. The lowest BCUT2D eigenvalue weighted by Gasteiger charge is -2.39. The highest BCUT2D eigenvalue weighted by atomic mass is 35.5. The lowest BCUT2D eigenvalue weighted by Crippen LogP contribution is -2.54. The fourth-order valence-electron chi connectivity index (χ4n) is 3.54. The number of carbonyl (C=O) groups excluding carboxylic acids is 2. The molecule has 0 saturated carbocycles. The zero-order valence-electron chi connectivity index (χ0n) is 16.0. The highest BCUT2D eigenvalue weighted by molar-refractivity contribution is 6.31. The third-order valence-corrected chi connectivity index (χ3v) is 5.52. The van der Waals surface area contributed by atoms with Crippen molar-refractivity contribution >= 4 is 47.2 Å². The number of nitrogens with zero attached hydrogens (tertiary/aromatic N) is 5. The Kier molecular flexibility index (Phi) is 5.16. The Bertz CT molecular complexity index is 981. The summed E-state index contributed by atoms with van der Waals surface area (Å²) >= 11 is 5.82. The fraction of sp³-hybridized carbons (Fsp3) is 0.412. The molecule has 2 amide bonds. The summed E-state index contributed by atoms with van der Waals surface area (Å²) in [6.45, 7) is 2.15. The SMILES string of the molecule is Nc1nc(N)c(C(=O)/N=C2\NCC3(CCN(C(=O)C4=CC=NCN4)CC3)N2)nc1Cl. The van der Waals surface area contributed by atoms with Crippen molar-refractivity contribution in [2.45, 2.75) is 18.4 Å². The Morgan fingerprint density at radius 3 is 2.63 bits per heavy atom. The zero-order chi connectivity index (χ0) is 21.3. The second-order valence-corrected chi connectivity index (χ2v) is 7.56. The number of carbonyl (C=O) groups is 2. The van der Waals surface area contributed by atoms with Crippen LogP contribution in [0.2, 0.25) is 5.15 Å². The molecule has 0 radical (unpaired) electrons. The molecule has 30 heavy (non-hydrogen) atoms. The monoisotopic (exact) mass is 432 g/mol. The number of nitrogen functional groups attached to an aromatic ring is 2. The van der Waals surface area contributed by atoms with Crippen LogP contribution >= 0.6 is 11.6 Å². The van der Waals surface area contributed by atoms with E-state index in [9.17, 15) is 9.59 Å². The van der Waals surface area contributed by atoms with Crippen molar-refractivity contribution in [3.05, 3.63) is 22.6 Å². The Hall–Kier alpha value is -3.41. The minimum absolute atomic E-state index is 0.0414. The van der Waals surface area contributed by atoms with Gasteiger partial charge in [-0.05, 0) is 18.9 Å². The largest absolute Gasteiger partial charge is 0.382 e. The van der Waals surface area contributed by atoms with E-state index in [0.717, 1.165) is 0 Å². The van der Waals surface area contributed by atoms with E-state index in [1.54, 1.807) is 17.2 Å². The Balaban J connectivity index is 1.39. The number of aliphatic imine (C=N–C) groups is 2. The molecule has 13 heteroatoms. The average molecular weight is 433 g/mol. The van der Waals surface area contributed by atoms with Gasteiger partial charge >= 0.3 is 5.91 Å². The number of piperidine rings is 1. The molecule has 0 aromatic carbocycles. The molecule has 7 N–H and O–H groups in total. The van der Waals surface area contributed by atoms with Crippen LogP contribution in [0.3, 0.4) is 0 Å². The molecule has 0 bridgehead atoms. The van der Waals surface area contributed by atoms with Crippen molar-refractivity contribution < 1.29 is 9.59 Å². The number of hydrogen-bond donors (Lipinski definition) is 5. The maximum Gasteiger partial charge on any atom is 0.302 e. The molecule has 3 aliphatic heterocycles. The standard InChI is InChI=1S/C17H21ClN10O2/c18-11-13(20)25-12(19)10(24-11)14(29)26-16-22-7-17(27-16)2-5-28(6-3-17)15(30)9-1-4-21-8-23-9/h1,4,23H,2-3,5-8H2,(H4,19,20,25)(H2,22,26,27,29). The Morgan fingerprint density at radius 1 is 1.17 bits per heavy atom. The van der Waals surface area contributed by atoms with Crippen LogP contribution in [-0.4, -0.2) is 70.7 Å². The number of aromatic nitrogens is 2. The molecule has 1 aromatic heterocycles. The molecular formula is C17H21ClN10O2. The number of allylic oxidation sites excluding steroid dienone is 1. The van der Waals surface area contributed by atoms with Gasteiger partial charge in [-0.1, -0.05) is 11.6 Å². The maximum absolute atomic E-state index is 12.6. The van der Waals surface area contributed by atoms with Crippen LogP contribution in [-0.2, 0) is 4.79 Å². The van der Waals surface area contributed by atoms with Crippen molar-refractivity contribution in [2.75, 3.05) is 37.8 Å². The van der Waals surface area contributed by atoms with Crippen molar-refractivity contribution in [2.24, 2.45) is 9.98 Å². The number of anilines is 2. The van der Waals surface area contributed by atoms with Crippen molar-refractivity contribution in [3.63, 3.8) is 0 Å². The third kappa shape index (κ3) is 3.85. The van der Waals surface area contributed by atoms with Gasteiger partial charge in [-0.15, -0.1) is 0 Å². The molecule has 0 atom stereocenters. The number of hydrogen-bond acceptors (Lipinski definition) is 8. The van der Waals surface area contributed by atoms with Crippen molar-refractivity contribution in [1.82, 2.24) is 30.8 Å². The van der Waals surface area contributed by atoms with E-state index in [0.29, 0.717) is 50.8 Å². The maximum atomic E-state index is 12.6. The molecule has 0 aliphatic carbocycles. The highest BCUT2D eigenvalue weighted by Gasteiger charge is 2.41. The van der Waals surface area contributed by atoms with E-state index in [1.165, 1.54) is 0 Å². The number of halogens is 1. The topological polar surface area (TPSA) is 176 Å². The van der Waals surface area contributed by atoms with Gasteiger partial charge in [0.2, 0.25) is 0 Å². The van der Waals surface area contributed by atoms with Gasteiger partial charge in [0.1, 0.15) is 12.4 Å². The predicted molar refractivity (Wildman–Crippen MR) is 112 cm³/mol. The summed E-state index contributed by atoms with van der Waals surface area (Å²) in [6, 6.07) is 0. The second kappa shape index (κ2) is 7.78. The van der Waals surface area contributed by atoms with Gasteiger partial charge in [0, 0.05) is 25.8 Å². The van der Waals surface area contributed by atoms with E-state index in [1.807, 2.05) is 0 Å². The molecule has 0 unspecified atom stereocenters. The van der Waals surface area contributed by atoms with Gasteiger partial charge in [-0.25, -0.2) is 9.97 Å². The number of amides is 2. The van der Waals surface area contributed by atoms with Gasteiger partial charge in [-0.3, -0.25) is 14.6 Å². The van der Waals surface area contributed by atoms with Gasteiger partial charge in [0.15, 0.2) is 28.4 Å². The number of rotatable bonds is 2. The molecule has 2 fully saturated rings. The van der Waals surface area contributed by atoms with Gasteiger partial charge in [0.05, 0.1) is 5.54 Å². The predicted octanol–water partition coefficient (Wildman–Crippen LogP) is -1.14. The summed E-state index contributed by atoms with van der Waals surface area (Å²) in [5.41, 5.74) is 11.3. The van der Waals surface area contributed by atoms with E-state index in [2.05, 4.69) is 35.9 Å². The summed E-state index contributed by atoms with van der Waals surface area (Å²) in [4.78, 5) is 42.5. The number of nitrogens with two attached hydrogens (primary N) is 2. The fourth-order valence-corrected chi connectivity index (χ4v) is 3.67. The quantitative estimate of drug-likeness (QED) is 0.386. The lowest BCUT2D eigenvalue weighted by molar-refractivity contribution is -0.129. The molecule has 4 heterocycles. The molecule has 1 aromatic rings. The summed E-state index contributed by atoms with van der Waals surface area (Å²) in [5, 5.41) is 9.24. The van der Waals surface area contributed by atoms with Crippen molar-refractivity contribution in [1.29, 1.82) is 0 Å². The first kappa shape index (κ1) is 19.9. The number of likely N-dealkylation sites (tertiary alicyclic amines) is 1. The molecule has 4 rings (SSSR count). The van der Waals surface area contributed by atoms with Crippen LogP contribution < -0.4 is 27.4 Å². The highest BCUT2D eigenvalue weighted by Crippen LogP contribution is 2.25. The first-order valence-electron chi connectivity index (χ1n) is 9.34. The zero-order valence-corrected chi connectivity index (χ0v) is 16.7. The average Bonchev–Trinajstić information content (AvgIpc) is 3.13. The first-order chi connectivity index (χ1) is 14.4. The molecular weight excluding hydrogens is 412 g/mol. The van der Waals surface area contributed by atoms with E-state index < -0.39 is 5.91 Å². The summed E-state index contributed by atoms with van der Waals surface area (Å²) in [7, 11) is 0. The Morgan fingerprint density at radius 2 is 1.93 bits per heavy atom. The molecule has 12 nitrogen and oxygen atoms in total. The third-order valence-electron chi connectivity index (χ3n) is 5.24. The minimum atomic E-state index is -0.682. The summed E-state index contributed by atoms with van der Waals surface area (Å²) in [6.07, 6.45) is 4.72. The van der Waals surface area contributed by atoms with E-state index >= 15 is 0 Å². The van der Waals surface area contributed by atoms with Crippen molar-refractivity contribution in [3.8, 4) is 0 Å². The van der Waals surface area contributed by atoms with Crippen LogP contribution in [0.5, 0.6) is 0 Å². The van der Waals surface area contributed by atoms with Crippen LogP contribution in [0.15, 0.2) is 21.8 Å². The van der Waals surface area contributed by atoms with E-state index in [4.69, 9.17) is 23.1 Å². The Labute approximate surface area is 176 Å². The van der Waals surface area contributed by atoms with Crippen LogP contribution in [0.1, 0.15) is 23.3 Å². The second-order valence-electron chi connectivity index (χ2n) is 7.20. The van der Waals surface area contributed by atoms with Crippen LogP contribution in [0.25, 0.3) is 0 Å². The number of nitrogens with one attached hydrogen (secondary N) is 3.